The SMILES string of the molecule is COc1ccc(CN2C(=O)Cc3c2ccc(CN(C)CCN(C)C(=O)O)c3C2CCN(c3cccc(C)c3)CC2)cc1. The van der Waals surface area contributed by atoms with E-state index in [9.17, 15) is 14.7 Å². The van der Waals surface area contributed by atoms with E-state index in [1.807, 2.05) is 36.2 Å². The molecule has 0 atom stereocenters. The summed E-state index contributed by atoms with van der Waals surface area (Å²) < 4.78 is 5.31. The molecule has 3 aromatic carbocycles. The van der Waals surface area contributed by atoms with Crippen molar-refractivity contribution in [2.24, 2.45) is 0 Å². The van der Waals surface area contributed by atoms with Crippen LogP contribution in [-0.4, -0.2) is 74.3 Å². The second kappa shape index (κ2) is 12.9. The number of hydrogen-bond donors (Lipinski definition) is 1. The van der Waals surface area contributed by atoms with E-state index in [2.05, 4.69) is 53.1 Å². The van der Waals surface area contributed by atoms with Crippen molar-refractivity contribution in [2.45, 2.75) is 45.2 Å². The van der Waals surface area contributed by atoms with Gasteiger partial charge in [-0.15, -0.1) is 0 Å². The molecule has 8 nitrogen and oxygen atoms in total. The lowest BCUT2D eigenvalue weighted by Crippen LogP contribution is -2.35. The third kappa shape index (κ3) is 6.54. The van der Waals surface area contributed by atoms with Gasteiger partial charge < -0.3 is 29.4 Å². The molecule has 42 heavy (non-hydrogen) atoms. The molecular formula is C34H42N4O4. The molecule has 0 aromatic heterocycles. The van der Waals surface area contributed by atoms with Crippen LogP contribution in [-0.2, 0) is 24.3 Å². The Balaban J connectivity index is 1.41. The molecule has 5 rings (SSSR count). The van der Waals surface area contributed by atoms with E-state index in [1.54, 1.807) is 14.2 Å². The summed E-state index contributed by atoms with van der Waals surface area (Å²) in [7, 11) is 5.29. The number of carbonyl (C=O) groups excluding carboxylic acids is 1. The van der Waals surface area contributed by atoms with Crippen LogP contribution < -0.4 is 14.5 Å². The molecule has 0 unspecified atom stereocenters. The van der Waals surface area contributed by atoms with Crippen molar-refractivity contribution in [1.29, 1.82) is 0 Å². The molecule has 3 aromatic rings. The van der Waals surface area contributed by atoms with E-state index >= 15 is 0 Å². The van der Waals surface area contributed by atoms with E-state index in [-0.39, 0.29) is 5.91 Å². The molecule has 222 valence electrons. The van der Waals surface area contributed by atoms with Gasteiger partial charge in [0.2, 0.25) is 5.91 Å². The first-order valence-corrected chi connectivity index (χ1v) is 14.8. The molecule has 2 aliphatic rings. The first-order valence-electron chi connectivity index (χ1n) is 14.8. The summed E-state index contributed by atoms with van der Waals surface area (Å²) in [5.74, 6) is 1.29. The maximum absolute atomic E-state index is 13.5. The number of carboxylic acid groups (broad SMARTS) is 1. The molecule has 1 saturated heterocycles. The van der Waals surface area contributed by atoms with Crippen LogP contribution >= 0.6 is 0 Å². The topological polar surface area (TPSA) is 76.6 Å². The Kier molecular flexibility index (Phi) is 9.02. The number of piperidine rings is 1. The Hall–Kier alpha value is -4.04. The number of anilines is 2. The van der Waals surface area contributed by atoms with E-state index < -0.39 is 6.09 Å². The minimum Gasteiger partial charge on any atom is -0.497 e. The standard InChI is InChI=1S/C34H42N4O4/c1-24-6-5-7-28(20-24)37-16-14-26(15-17-37)33-27(23-35(2)18-19-36(3)34(40)41)10-13-31-30(33)21-32(39)38(31)22-25-8-11-29(42-4)12-9-25/h5-13,20,26H,14-19,21-23H2,1-4H3,(H,40,41). The van der Waals surface area contributed by atoms with Gasteiger partial charge in [-0.3, -0.25) is 4.79 Å². The van der Waals surface area contributed by atoms with Gasteiger partial charge in [0.25, 0.3) is 0 Å². The highest BCUT2D eigenvalue weighted by Crippen LogP contribution is 2.42. The molecule has 0 saturated carbocycles. The number of amides is 2. The number of aryl methyl sites for hydroxylation is 1. The monoisotopic (exact) mass is 570 g/mol. The van der Waals surface area contributed by atoms with Crippen LogP contribution in [0.5, 0.6) is 5.75 Å². The number of fused-ring (bicyclic) bond motifs is 1. The van der Waals surface area contributed by atoms with Gasteiger partial charge in [-0.1, -0.05) is 30.3 Å². The van der Waals surface area contributed by atoms with Crippen molar-refractivity contribution in [2.75, 3.05) is 57.2 Å². The highest BCUT2D eigenvalue weighted by molar-refractivity contribution is 6.02. The first kappa shape index (κ1) is 29.5. The Bertz CT molecular complexity index is 1420. The summed E-state index contributed by atoms with van der Waals surface area (Å²) in [6, 6.07) is 20.9. The molecule has 2 amide bonds. The number of nitrogens with zero attached hydrogens (tertiary/aromatic N) is 4. The molecule has 1 fully saturated rings. The summed E-state index contributed by atoms with van der Waals surface area (Å²) in [6.45, 7) is 6.39. The van der Waals surface area contributed by atoms with Gasteiger partial charge in [0.15, 0.2) is 0 Å². The average molecular weight is 571 g/mol. The first-order chi connectivity index (χ1) is 20.2. The van der Waals surface area contributed by atoms with Crippen LogP contribution in [0.3, 0.4) is 0 Å². The minimum atomic E-state index is -0.919. The van der Waals surface area contributed by atoms with Crippen LogP contribution in [0, 0.1) is 6.92 Å². The lowest BCUT2D eigenvalue weighted by atomic mass is 9.82. The number of methoxy groups -OCH3 is 1. The van der Waals surface area contributed by atoms with E-state index in [0.717, 1.165) is 48.5 Å². The van der Waals surface area contributed by atoms with Crippen LogP contribution in [0.25, 0.3) is 0 Å². The fourth-order valence-electron chi connectivity index (χ4n) is 6.29. The van der Waals surface area contributed by atoms with E-state index in [4.69, 9.17) is 4.74 Å². The summed E-state index contributed by atoms with van der Waals surface area (Å²) >= 11 is 0. The van der Waals surface area contributed by atoms with Crippen molar-refractivity contribution in [1.82, 2.24) is 9.80 Å². The molecular weight excluding hydrogens is 528 g/mol. The Morgan fingerprint density at radius 1 is 1.02 bits per heavy atom. The Labute approximate surface area is 249 Å². The van der Waals surface area contributed by atoms with Gasteiger partial charge in [-0.05, 0) is 90.9 Å². The number of ether oxygens (including phenoxy) is 1. The molecule has 1 N–H and O–H groups in total. The molecule has 0 aliphatic carbocycles. The predicted octanol–water partition coefficient (Wildman–Crippen LogP) is 5.52. The van der Waals surface area contributed by atoms with Gasteiger partial charge in [-0.2, -0.15) is 0 Å². The summed E-state index contributed by atoms with van der Waals surface area (Å²) in [4.78, 5) is 32.6. The average Bonchev–Trinajstić information content (AvgIpc) is 3.30. The van der Waals surface area contributed by atoms with Gasteiger partial charge >= 0.3 is 6.09 Å². The largest absolute Gasteiger partial charge is 0.497 e. The van der Waals surface area contributed by atoms with E-state index in [1.165, 1.54) is 27.3 Å². The highest BCUT2D eigenvalue weighted by Gasteiger charge is 2.34. The zero-order valence-electron chi connectivity index (χ0n) is 25.2. The second-order valence-corrected chi connectivity index (χ2v) is 11.7. The quantitative estimate of drug-likeness (QED) is 0.346. The van der Waals surface area contributed by atoms with Gasteiger partial charge in [0.1, 0.15) is 5.75 Å². The number of benzene rings is 3. The van der Waals surface area contributed by atoms with Crippen molar-refractivity contribution in [3.05, 3.63) is 88.5 Å². The van der Waals surface area contributed by atoms with Crippen molar-refractivity contribution in [3.8, 4) is 5.75 Å². The fraction of sp³-hybridized carbons (Fsp3) is 0.412. The minimum absolute atomic E-state index is 0.132. The third-order valence-electron chi connectivity index (χ3n) is 8.70. The van der Waals surface area contributed by atoms with Gasteiger partial charge in [-0.25, -0.2) is 4.79 Å². The van der Waals surface area contributed by atoms with Crippen LogP contribution in [0.4, 0.5) is 16.2 Å². The van der Waals surface area contributed by atoms with Crippen LogP contribution in [0.2, 0.25) is 0 Å². The maximum atomic E-state index is 13.5. The lowest BCUT2D eigenvalue weighted by molar-refractivity contribution is -0.117. The smallest absolute Gasteiger partial charge is 0.407 e. The number of rotatable bonds is 10. The highest BCUT2D eigenvalue weighted by atomic mass is 16.5. The number of hydrogen-bond acceptors (Lipinski definition) is 5. The van der Waals surface area contributed by atoms with Crippen LogP contribution in [0.1, 0.15) is 46.6 Å². The number of carbonyl (C=O) groups is 2. The third-order valence-corrected chi connectivity index (χ3v) is 8.70. The van der Waals surface area contributed by atoms with Crippen molar-refractivity contribution >= 4 is 23.4 Å². The second-order valence-electron chi connectivity index (χ2n) is 11.7. The number of likely N-dealkylation sites (N-methyl/N-ethyl adjacent to an activating group) is 2. The molecule has 2 heterocycles. The normalized spacial score (nSPS) is 15.3. The molecule has 8 heteroatoms. The van der Waals surface area contributed by atoms with Crippen LogP contribution in [0.15, 0.2) is 60.7 Å². The van der Waals surface area contributed by atoms with Crippen molar-refractivity contribution in [3.63, 3.8) is 0 Å². The zero-order chi connectivity index (χ0) is 29.8. The molecule has 2 aliphatic heterocycles. The Morgan fingerprint density at radius 2 is 1.76 bits per heavy atom. The molecule has 0 spiro atoms. The van der Waals surface area contributed by atoms with Crippen molar-refractivity contribution < 1.29 is 19.4 Å². The van der Waals surface area contributed by atoms with Gasteiger partial charge in [0.05, 0.1) is 20.1 Å². The Morgan fingerprint density at radius 3 is 2.43 bits per heavy atom. The lowest BCUT2D eigenvalue weighted by Gasteiger charge is -2.36. The molecule has 0 radical (unpaired) electrons. The zero-order valence-corrected chi connectivity index (χ0v) is 25.2. The van der Waals surface area contributed by atoms with Gasteiger partial charge in [0, 0.05) is 51.1 Å². The van der Waals surface area contributed by atoms with E-state index in [0.29, 0.717) is 38.5 Å². The predicted molar refractivity (Wildman–Crippen MR) is 167 cm³/mol. The maximum Gasteiger partial charge on any atom is 0.407 e. The fourth-order valence-corrected chi connectivity index (χ4v) is 6.29. The summed E-state index contributed by atoms with van der Waals surface area (Å²) in [6.07, 6.45) is 1.54. The molecule has 0 bridgehead atoms. The summed E-state index contributed by atoms with van der Waals surface area (Å²) in [5.41, 5.74) is 8.35. The summed E-state index contributed by atoms with van der Waals surface area (Å²) in [5, 5.41) is 9.27.